The molecule has 0 rings (SSSR count). The first-order valence-corrected chi connectivity index (χ1v) is 8.62. The third-order valence-corrected chi connectivity index (χ3v) is 3.88. The molecule has 0 saturated heterocycles. The smallest absolute Gasteiger partial charge is 0.0383 e. The van der Waals surface area contributed by atoms with Gasteiger partial charge in [-0.15, -0.1) is 0 Å². The Hall–Kier alpha value is 0. The zero-order chi connectivity index (χ0) is 13.5. The molecule has 0 spiro atoms. The number of hydrogen-bond acceptors (Lipinski definition) is 0. The zero-order valence-electron chi connectivity index (χ0n) is 13.3. The van der Waals surface area contributed by atoms with Crippen molar-refractivity contribution in [1.29, 1.82) is 0 Å². The SMILES string of the molecule is CCCCCCCCC[CH]CC(C)CCCCC. The molecule has 0 bridgehead atoms. The average molecular weight is 253 g/mol. The van der Waals surface area contributed by atoms with Crippen molar-refractivity contribution in [3.8, 4) is 0 Å². The average Bonchev–Trinajstić information content (AvgIpc) is 2.37. The van der Waals surface area contributed by atoms with Gasteiger partial charge in [0, 0.05) is 0 Å². The van der Waals surface area contributed by atoms with Crippen molar-refractivity contribution >= 4 is 0 Å². The maximum atomic E-state index is 2.54. The van der Waals surface area contributed by atoms with E-state index in [2.05, 4.69) is 27.2 Å². The highest BCUT2D eigenvalue weighted by Crippen LogP contribution is 2.17. The molecular weight excluding hydrogens is 216 g/mol. The van der Waals surface area contributed by atoms with Crippen molar-refractivity contribution in [1.82, 2.24) is 0 Å². The van der Waals surface area contributed by atoms with Gasteiger partial charge < -0.3 is 0 Å². The van der Waals surface area contributed by atoms with Crippen LogP contribution < -0.4 is 0 Å². The summed E-state index contributed by atoms with van der Waals surface area (Å²) >= 11 is 0. The molecule has 0 saturated carbocycles. The Morgan fingerprint density at radius 1 is 0.722 bits per heavy atom. The van der Waals surface area contributed by atoms with Gasteiger partial charge in [-0.3, -0.25) is 0 Å². The summed E-state index contributed by atoms with van der Waals surface area (Å²) in [6, 6.07) is 0. The Kier molecular flexibility index (Phi) is 15.1. The van der Waals surface area contributed by atoms with Crippen LogP contribution in [0.15, 0.2) is 0 Å². The first-order chi connectivity index (χ1) is 8.81. The summed E-state index contributed by atoms with van der Waals surface area (Å²) in [4.78, 5) is 0. The Morgan fingerprint density at radius 2 is 1.28 bits per heavy atom. The van der Waals surface area contributed by atoms with Gasteiger partial charge in [-0.2, -0.15) is 0 Å². The third-order valence-electron chi connectivity index (χ3n) is 3.88. The van der Waals surface area contributed by atoms with Crippen LogP contribution in [0.25, 0.3) is 0 Å². The fraction of sp³-hybridized carbons (Fsp3) is 0.944. The molecule has 1 radical (unpaired) electrons. The first kappa shape index (κ1) is 18.0. The lowest BCUT2D eigenvalue weighted by Gasteiger charge is -2.10. The van der Waals surface area contributed by atoms with Crippen LogP contribution in [0, 0.1) is 12.3 Å². The largest absolute Gasteiger partial charge is 0.0654 e. The summed E-state index contributed by atoms with van der Waals surface area (Å²) in [5.41, 5.74) is 0. The molecule has 0 fully saturated rings. The number of hydrogen-bond donors (Lipinski definition) is 0. The van der Waals surface area contributed by atoms with Gasteiger partial charge in [0.15, 0.2) is 0 Å². The fourth-order valence-electron chi connectivity index (χ4n) is 2.51. The summed E-state index contributed by atoms with van der Waals surface area (Å²) in [6.07, 6.45) is 20.9. The van der Waals surface area contributed by atoms with E-state index in [0.29, 0.717) is 0 Å². The van der Waals surface area contributed by atoms with E-state index in [0.717, 1.165) is 5.92 Å². The van der Waals surface area contributed by atoms with Crippen molar-refractivity contribution in [2.75, 3.05) is 0 Å². The molecule has 0 aliphatic heterocycles. The monoisotopic (exact) mass is 253 g/mol. The highest BCUT2D eigenvalue weighted by Gasteiger charge is 2.01. The zero-order valence-corrected chi connectivity index (χ0v) is 13.3. The predicted octanol–water partition coefficient (Wildman–Crippen LogP) is 6.94. The predicted molar refractivity (Wildman–Crippen MR) is 84.8 cm³/mol. The molecule has 109 valence electrons. The van der Waals surface area contributed by atoms with E-state index in [1.165, 1.54) is 83.5 Å². The molecule has 0 heteroatoms. The molecule has 0 heterocycles. The van der Waals surface area contributed by atoms with E-state index in [-0.39, 0.29) is 0 Å². The van der Waals surface area contributed by atoms with Gasteiger partial charge in [-0.05, 0) is 18.8 Å². The molecule has 1 atom stereocenters. The van der Waals surface area contributed by atoms with Crippen LogP contribution >= 0.6 is 0 Å². The summed E-state index contributed by atoms with van der Waals surface area (Å²) in [6.45, 7) is 6.99. The number of unbranched alkanes of at least 4 members (excludes halogenated alkanes) is 10. The van der Waals surface area contributed by atoms with E-state index in [4.69, 9.17) is 0 Å². The van der Waals surface area contributed by atoms with E-state index < -0.39 is 0 Å². The van der Waals surface area contributed by atoms with Gasteiger partial charge in [0.25, 0.3) is 0 Å². The quantitative estimate of drug-likeness (QED) is 0.294. The Balaban J connectivity index is 3.05. The molecule has 0 aromatic heterocycles. The van der Waals surface area contributed by atoms with E-state index in [1.54, 1.807) is 0 Å². The minimum Gasteiger partial charge on any atom is -0.0654 e. The van der Waals surface area contributed by atoms with Crippen LogP contribution in [0.1, 0.15) is 104 Å². The van der Waals surface area contributed by atoms with Crippen molar-refractivity contribution in [3.63, 3.8) is 0 Å². The van der Waals surface area contributed by atoms with Gasteiger partial charge in [0.05, 0.1) is 0 Å². The van der Waals surface area contributed by atoms with Gasteiger partial charge in [0.1, 0.15) is 0 Å². The summed E-state index contributed by atoms with van der Waals surface area (Å²) in [7, 11) is 0. The van der Waals surface area contributed by atoms with Gasteiger partial charge in [-0.1, -0.05) is 97.8 Å². The highest BCUT2D eigenvalue weighted by molar-refractivity contribution is 4.69. The molecule has 1 unspecified atom stereocenters. The van der Waals surface area contributed by atoms with Gasteiger partial charge in [0.2, 0.25) is 0 Å². The van der Waals surface area contributed by atoms with Gasteiger partial charge in [-0.25, -0.2) is 0 Å². The van der Waals surface area contributed by atoms with Crippen LogP contribution in [0.5, 0.6) is 0 Å². The minimum absolute atomic E-state index is 0.918. The van der Waals surface area contributed by atoms with E-state index in [1.807, 2.05) is 0 Å². The summed E-state index contributed by atoms with van der Waals surface area (Å²) in [5.74, 6) is 0.918. The molecule has 0 aromatic rings. The van der Waals surface area contributed by atoms with Crippen LogP contribution in [0.4, 0.5) is 0 Å². The van der Waals surface area contributed by atoms with Crippen molar-refractivity contribution in [3.05, 3.63) is 6.42 Å². The van der Waals surface area contributed by atoms with Crippen LogP contribution in [-0.4, -0.2) is 0 Å². The maximum Gasteiger partial charge on any atom is -0.0383 e. The lowest BCUT2D eigenvalue weighted by Crippen LogP contribution is -1.95. The van der Waals surface area contributed by atoms with Crippen molar-refractivity contribution in [2.45, 2.75) is 104 Å². The third kappa shape index (κ3) is 14.1. The second-order valence-electron chi connectivity index (χ2n) is 6.04. The Morgan fingerprint density at radius 3 is 1.94 bits per heavy atom. The molecule has 0 aliphatic rings. The van der Waals surface area contributed by atoms with Gasteiger partial charge >= 0.3 is 0 Å². The maximum absolute atomic E-state index is 2.54. The second kappa shape index (κ2) is 15.1. The lowest BCUT2D eigenvalue weighted by atomic mass is 9.96. The molecule has 0 nitrogen and oxygen atoms in total. The summed E-state index contributed by atoms with van der Waals surface area (Å²) < 4.78 is 0. The van der Waals surface area contributed by atoms with E-state index in [9.17, 15) is 0 Å². The van der Waals surface area contributed by atoms with Crippen LogP contribution in [0.3, 0.4) is 0 Å². The second-order valence-corrected chi connectivity index (χ2v) is 6.04. The molecule has 0 aliphatic carbocycles. The highest BCUT2D eigenvalue weighted by atomic mass is 14.1. The Bertz CT molecular complexity index is 139. The number of rotatable bonds is 14. The topological polar surface area (TPSA) is 0 Å². The fourth-order valence-corrected chi connectivity index (χ4v) is 2.51. The standard InChI is InChI=1S/C18H37/c1-4-6-8-9-10-11-12-13-15-17-18(3)16-14-7-5-2/h15,18H,4-14,16-17H2,1-3H3. The molecule has 18 heavy (non-hydrogen) atoms. The minimum atomic E-state index is 0.918. The van der Waals surface area contributed by atoms with E-state index >= 15 is 0 Å². The van der Waals surface area contributed by atoms with Crippen LogP contribution in [-0.2, 0) is 0 Å². The molecular formula is C18H37. The normalized spacial score (nSPS) is 12.8. The Labute approximate surface area is 117 Å². The van der Waals surface area contributed by atoms with Crippen molar-refractivity contribution < 1.29 is 0 Å². The van der Waals surface area contributed by atoms with Crippen molar-refractivity contribution in [2.24, 2.45) is 5.92 Å². The van der Waals surface area contributed by atoms with Crippen LogP contribution in [0.2, 0.25) is 0 Å². The summed E-state index contributed by atoms with van der Waals surface area (Å²) in [5, 5.41) is 0. The molecule has 0 aromatic carbocycles. The lowest BCUT2D eigenvalue weighted by molar-refractivity contribution is 0.479. The molecule has 0 N–H and O–H groups in total. The first-order valence-electron chi connectivity index (χ1n) is 8.62. The molecule has 0 amide bonds.